The fourth-order valence-electron chi connectivity index (χ4n) is 2.88. The number of sulfone groups is 1. The number of halogens is 2. The summed E-state index contributed by atoms with van der Waals surface area (Å²) in [5.74, 6) is 0.481. The maximum atomic E-state index is 13.1. The highest BCUT2D eigenvalue weighted by Gasteiger charge is 2.32. The molecule has 1 fully saturated rings. The van der Waals surface area contributed by atoms with Crippen LogP contribution >= 0.6 is 23.2 Å². The van der Waals surface area contributed by atoms with E-state index in [2.05, 4.69) is 5.32 Å². The van der Waals surface area contributed by atoms with E-state index >= 15 is 0 Å². The van der Waals surface area contributed by atoms with Crippen LogP contribution in [0.4, 0.5) is 0 Å². The van der Waals surface area contributed by atoms with Gasteiger partial charge in [0.05, 0.1) is 16.9 Å². The average molecular weight is 411 g/mol. The van der Waals surface area contributed by atoms with Crippen LogP contribution in [0, 0.1) is 11.3 Å². The van der Waals surface area contributed by atoms with Crippen LogP contribution in [-0.2, 0) is 9.84 Å². The number of ether oxygens (including phenoxy) is 1. The first-order valence-electron chi connectivity index (χ1n) is 8.03. The molecule has 0 atom stereocenters. The van der Waals surface area contributed by atoms with Gasteiger partial charge in [0.25, 0.3) is 0 Å². The summed E-state index contributed by atoms with van der Waals surface area (Å²) in [7, 11) is -3.65. The van der Waals surface area contributed by atoms with Gasteiger partial charge in [-0.25, -0.2) is 8.42 Å². The van der Waals surface area contributed by atoms with Crippen LogP contribution in [0.2, 0.25) is 10.0 Å². The second-order valence-electron chi connectivity index (χ2n) is 5.97. The largest absolute Gasteiger partial charge is 0.456 e. The van der Waals surface area contributed by atoms with Gasteiger partial charge in [0.2, 0.25) is 0 Å². The molecule has 1 aliphatic heterocycles. The molecule has 1 heterocycles. The zero-order chi connectivity index (χ0) is 18.7. The Balaban J connectivity index is 2.04. The molecule has 1 aliphatic rings. The number of rotatable bonds is 4. The lowest BCUT2D eigenvalue weighted by atomic mass is 10.2. The smallest absolute Gasteiger partial charge is 0.185 e. The zero-order valence-corrected chi connectivity index (χ0v) is 16.0. The van der Waals surface area contributed by atoms with Crippen LogP contribution in [0.5, 0.6) is 11.5 Å². The molecule has 0 aromatic heterocycles. The predicted molar refractivity (Wildman–Crippen MR) is 101 cm³/mol. The number of nitriles is 1. The molecule has 8 heteroatoms. The number of hydrogen-bond donors (Lipinski definition) is 1. The first-order chi connectivity index (χ1) is 12.4. The van der Waals surface area contributed by atoms with E-state index in [9.17, 15) is 8.42 Å². The molecular formula is C18H16Cl2N2O3S. The van der Waals surface area contributed by atoms with Crippen molar-refractivity contribution in [3.8, 4) is 17.6 Å². The minimum absolute atomic E-state index is 0.0135. The molecule has 0 aliphatic carbocycles. The van der Waals surface area contributed by atoms with Crippen LogP contribution in [0.3, 0.4) is 0 Å². The lowest BCUT2D eigenvalue weighted by Gasteiger charge is -2.24. The number of nitrogens with one attached hydrogen (secondary N) is 1. The lowest BCUT2D eigenvalue weighted by molar-refractivity contribution is 0.461. The van der Waals surface area contributed by atoms with E-state index in [1.807, 2.05) is 6.07 Å². The van der Waals surface area contributed by atoms with Crippen molar-refractivity contribution in [2.24, 2.45) is 0 Å². The van der Waals surface area contributed by atoms with Crippen LogP contribution in [0.1, 0.15) is 18.4 Å². The van der Waals surface area contributed by atoms with E-state index in [-0.39, 0.29) is 16.2 Å². The molecule has 0 spiro atoms. The fraction of sp³-hybridized carbons (Fsp3) is 0.278. The summed E-state index contributed by atoms with van der Waals surface area (Å²) in [4.78, 5) is 0.0135. The van der Waals surface area contributed by atoms with E-state index in [1.54, 1.807) is 18.2 Å². The normalized spacial score (nSPS) is 15.4. The Labute approximate surface area is 162 Å². The van der Waals surface area contributed by atoms with Crippen LogP contribution in [-0.4, -0.2) is 26.8 Å². The minimum Gasteiger partial charge on any atom is -0.456 e. The quantitative estimate of drug-likeness (QED) is 0.817. The van der Waals surface area contributed by atoms with Crippen molar-refractivity contribution in [3.63, 3.8) is 0 Å². The van der Waals surface area contributed by atoms with Gasteiger partial charge in [0, 0.05) is 10.0 Å². The Kier molecular flexibility index (Phi) is 5.73. The van der Waals surface area contributed by atoms with E-state index < -0.39 is 15.1 Å². The standard InChI is InChI=1S/C18H16Cl2N2O3S/c19-13-8-14(20)10-15(9-13)25-17-2-1-12(11-21)7-18(17)26(23,24)16-3-5-22-6-4-16/h1-2,7-10,16,22H,3-6H2. The predicted octanol–water partition coefficient (Wildman–Crippen LogP) is 4.18. The Morgan fingerprint density at radius 3 is 2.35 bits per heavy atom. The summed E-state index contributed by atoms with van der Waals surface area (Å²) >= 11 is 12.0. The van der Waals surface area contributed by atoms with Gasteiger partial charge >= 0.3 is 0 Å². The van der Waals surface area contributed by atoms with Gasteiger partial charge in [-0.15, -0.1) is 0 Å². The highest BCUT2D eigenvalue weighted by molar-refractivity contribution is 7.92. The first-order valence-corrected chi connectivity index (χ1v) is 10.3. The van der Waals surface area contributed by atoms with Gasteiger partial charge in [0.1, 0.15) is 16.4 Å². The highest BCUT2D eigenvalue weighted by atomic mass is 35.5. The minimum atomic E-state index is -3.65. The maximum absolute atomic E-state index is 13.1. The number of hydrogen-bond acceptors (Lipinski definition) is 5. The highest BCUT2D eigenvalue weighted by Crippen LogP contribution is 2.35. The second-order valence-corrected chi connectivity index (χ2v) is 9.04. The third-order valence-corrected chi connectivity index (χ3v) is 6.89. The van der Waals surface area contributed by atoms with Crippen molar-refractivity contribution < 1.29 is 13.2 Å². The molecule has 1 saturated heterocycles. The SMILES string of the molecule is N#Cc1ccc(Oc2cc(Cl)cc(Cl)c2)c(S(=O)(=O)C2CCNCC2)c1. The molecule has 0 amide bonds. The summed E-state index contributed by atoms with van der Waals surface area (Å²) in [5, 5.41) is 12.6. The molecule has 2 aromatic rings. The van der Waals surface area contributed by atoms with Gasteiger partial charge in [-0.05, 0) is 62.3 Å². The molecule has 26 heavy (non-hydrogen) atoms. The summed E-state index contributed by atoms with van der Waals surface area (Å²) in [6.07, 6.45) is 1.03. The van der Waals surface area contributed by atoms with Gasteiger partial charge in [-0.3, -0.25) is 0 Å². The molecule has 0 unspecified atom stereocenters. The number of nitrogens with zero attached hydrogens (tertiary/aromatic N) is 1. The topological polar surface area (TPSA) is 79.2 Å². The van der Waals surface area contributed by atoms with Crippen molar-refractivity contribution in [3.05, 3.63) is 52.0 Å². The van der Waals surface area contributed by atoms with Crippen molar-refractivity contribution in [1.29, 1.82) is 5.26 Å². The Morgan fingerprint density at radius 2 is 1.73 bits per heavy atom. The van der Waals surface area contributed by atoms with E-state index in [0.29, 0.717) is 41.7 Å². The van der Waals surface area contributed by atoms with Crippen molar-refractivity contribution >= 4 is 33.0 Å². The maximum Gasteiger partial charge on any atom is 0.185 e. The van der Waals surface area contributed by atoms with Gasteiger partial charge in [0.15, 0.2) is 9.84 Å². The van der Waals surface area contributed by atoms with E-state index in [4.69, 9.17) is 33.2 Å². The summed E-state index contributed by atoms with van der Waals surface area (Å²) < 4.78 is 32.0. The van der Waals surface area contributed by atoms with Gasteiger partial charge < -0.3 is 10.1 Å². The third kappa shape index (κ3) is 4.13. The number of piperidine rings is 1. The molecule has 2 aromatic carbocycles. The Bertz CT molecular complexity index is 945. The molecule has 3 rings (SSSR count). The zero-order valence-electron chi connectivity index (χ0n) is 13.7. The van der Waals surface area contributed by atoms with Gasteiger partial charge in [-0.1, -0.05) is 23.2 Å². The molecular weight excluding hydrogens is 395 g/mol. The Morgan fingerprint density at radius 1 is 1.08 bits per heavy atom. The molecule has 5 nitrogen and oxygen atoms in total. The third-order valence-electron chi connectivity index (χ3n) is 4.17. The summed E-state index contributed by atoms with van der Waals surface area (Å²) in [6, 6.07) is 11.0. The fourth-order valence-corrected chi connectivity index (χ4v) is 5.29. The van der Waals surface area contributed by atoms with Crippen LogP contribution in [0.25, 0.3) is 0 Å². The molecule has 136 valence electrons. The summed E-state index contributed by atoms with van der Waals surface area (Å²) in [6.45, 7) is 1.28. The first kappa shape index (κ1) is 19.0. The molecule has 0 radical (unpaired) electrons. The average Bonchev–Trinajstić information content (AvgIpc) is 2.62. The summed E-state index contributed by atoms with van der Waals surface area (Å²) in [5.41, 5.74) is 0.258. The van der Waals surface area contributed by atoms with Crippen LogP contribution in [0.15, 0.2) is 41.3 Å². The van der Waals surface area contributed by atoms with Crippen molar-refractivity contribution in [1.82, 2.24) is 5.32 Å². The second kappa shape index (κ2) is 7.85. The monoisotopic (exact) mass is 410 g/mol. The Hall–Kier alpha value is -1.78. The van der Waals surface area contributed by atoms with Gasteiger partial charge in [-0.2, -0.15) is 5.26 Å². The molecule has 0 saturated carbocycles. The molecule has 1 N–H and O–H groups in total. The van der Waals surface area contributed by atoms with Crippen molar-refractivity contribution in [2.45, 2.75) is 23.0 Å². The van der Waals surface area contributed by atoms with Crippen LogP contribution < -0.4 is 10.1 Å². The lowest BCUT2D eigenvalue weighted by Crippen LogP contribution is -2.35. The van der Waals surface area contributed by atoms with E-state index in [1.165, 1.54) is 18.2 Å². The molecule has 0 bridgehead atoms. The number of benzene rings is 2. The van der Waals surface area contributed by atoms with E-state index in [0.717, 1.165) is 0 Å². The van der Waals surface area contributed by atoms with Crippen molar-refractivity contribution in [2.75, 3.05) is 13.1 Å².